The van der Waals surface area contributed by atoms with Crippen molar-refractivity contribution in [2.45, 2.75) is 20.3 Å². The molecule has 0 bridgehead atoms. The monoisotopic (exact) mass is 389 g/mol. The van der Waals surface area contributed by atoms with Gasteiger partial charge in [-0.05, 0) is 5.56 Å². The molecule has 4 nitrogen and oxygen atoms in total. The number of esters is 1. The quantitative estimate of drug-likeness (QED) is 0.237. The van der Waals surface area contributed by atoms with Crippen LogP contribution in [0, 0.1) is 5.41 Å². The SMILES string of the molecule is COC(=O)CON=C(Cc1ccccc1)C(C)(C)CI. The van der Waals surface area contributed by atoms with Crippen LogP contribution in [-0.2, 0) is 20.8 Å². The Morgan fingerprint density at radius 1 is 1.30 bits per heavy atom. The van der Waals surface area contributed by atoms with Gasteiger partial charge in [0.05, 0.1) is 12.8 Å². The van der Waals surface area contributed by atoms with Crippen LogP contribution in [0.4, 0.5) is 0 Å². The van der Waals surface area contributed by atoms with E-state index in [0.717, 1.165) is 10.1 Å². The Labute approximate surface area is 133 Å². The lowest BCUT2D eigenvalue weighted by Gasteiger charge is -2.23. The minimum Gasteiger partial charge on any atom is -0.466 e. The van der Waals surface area contributed by atoms with Crippen LogP contribution in [0.5, 0.6) is 0 Å². The minimum atomic E-state index is -0.430. The van der Waals surface area contributed by atoms with Gasteiger partial charge in [0.25, 0.3) is 0 Å². The number of ether oxygens (including phenoxy) is 1. The van der Waals surface area contributed by atoms with E-state index in [1.807, 2.05) is 18.2 Å². The van der Waals surface area contributed by atoms with E-state index in [-0.39, 0.29) is 12.0 Å². The maximum Gasteiger partial charge on any atom is 0.346 e. The molecule has 110 valence electrons. The summed E-state index contributed by atoms with van der Waals surface area (Å²) in [5.74, 6) is -0.430. The molecule has 0 saturated heterocycles. The average molecular weight is 389 g/mol. The number of hydrogen-bond donors (Lipinski definition) is 0. The standard InChI is InChI=1S/C15H20INO3/c1-15(2,11-16)13(17-20-10-14(18)19-3)9-12-7-5-4-6-8-12/h4-8H,9-11H2,1-3H3. The molecule has 0 fully saturated rings. The third-order valence-corrected chi connectivity index (χ3v) is 4.82. The van der Waals surface area contributed by atoms with E-state index >= 15 is 0 Å². The lowest BCUT2D eigenvalue weighted by atomic mass is 9.86. The predicted octanol–water partition coefficient (Wildman–Crippen LogP) is 3.24. The lowest BCUT2D eigenvalue weighted by Crippen LogP contribution is -2.28. The second kappa shape index (κ2) is 8.24. The number of methoxy groups -OCH3 is 1. The maximum absolute atomic E-state index is 11.1. The molecule has 20 heavy (non-hydrogen) atoms. The topological polar surface area (TPSA) is 47.9 Å². The van der Waals surface area contributed by atoms with Gasteiger partial charge in [0, 0.05) is 16.3 Å². The van der Waals surface area contributed by atoms with E-state index in [1.54, 1.807) is 0 Å². The molecule has 0 aromatic heterocycles. The summed E-state index contributed by atoms with van der Waals surface area (Å²) in [6.45, 7) is 4.07. The van der Waals surface area contributed by atoms with Crippen molar-refractivity contribution in [3.8, 4) is 0 Å². The molecule has 0 aliphatic rings. The summed E-state index contributed by atoms with van der Waals surface area (Å²) in [7, 11) is 1.33. The lowest BCUT2D eigenvalue weighted by molar-refractivity contribution is -0.145. The van der Waals surface area contributed by atoms with Crippen LogP contribution in [0.25, 0.3) is 0 Å². The van der Waals surface area contributed by atoms with Crippen molar-refractivity contribution in [2.24, 2.45) is 10.6 Å². The van der Waals surface area contributed by atoms with E-state index in [1.165, 1.54) is 12.7 Å². The number of carbonyl (C=O) groups excluding carboxylic acids is 1. The molecular weight excluding hydrogens is 369 g/mol. The number of hydrogen-bond acceptors (Lipinski definition) is 4. The van der Waals surface area contributed by atoms with Gasteiger partial charge in [0.15, 0.2) is 0 Å². The summed E-state index contributed by atoms with van der Waals surface area (Å²) < 4.78 is 5.44. The van der Waals surface area contributed by atoms with Crippen molar-refractivity contribution < 1.29 is 14.4 Å². The number of oxime groups is 1. The third-order valence-electron chi connectivity index (χ3n) is 2.91. The Kier molecular flexibility index (Phi) is 6.98. The first-order valence-electron chi connectivity index (χ1n) is 6.35. The molecule has 0 atom stereocenters. The van der Waals surface area contributed by atoms with Gasteiger partial charge in [-0.2, -0.15) is 0 Å². The molecule has 5 heteroatoms. The van der Waals surface area contributed by atoms with Crippen LogP contribution in [0.3, 0.4) is 0 Å². The Hall–Kier alpha value is -1.11. The normalized spacial score (nSPS) is 12.1. The molecule has 0 amide bonds. The summed E-state index contributed by atoms with van der Waals surface area (Å²) in [6, 6.07) is 10.1. The Morgan fingerprint density at radius 3 is 2.50 bits per heavy atom. The molecule has 0 aliphatic carbocycles. The molecule has 0 spiro atoms. The number of rotatable bonds is 7. The van der Waals surface area contributed by atoms with Crippen molar-refractivity contribution in [1.82, 2.24) is 0 Å². The van der Waals surface area contributed by atoms with E-state index in [4.69, 9.17) is 4.84 Å². The maximum atomic E-state index is 11.1. The summed E-state index contributed by atoms with van der Waals surface area (Å²) in [5, 5.41) is 4.16. The molecule has 0 unspecified atom stereocenters. The van der Waals surface area contributed by atoms with E-state index in [2.05, 4.69) is 58.5 Å². The highest BCUT2D eigenvalue weighted by molar-refractivity contribution is 14.1. The van der Waals surface area contributed by atoms with Gasteiger partial charge in [0.1, 0.15) is 0 Å². The van der Waals surface area contributed by atoms with Crippen LogP contribution in [0.15, 0.2) is 35.5 Å². The number of benzene rings is 1. The number of alkyl halides is 1. The number of nitrogens with zero attached hydrogens (tertiary/aromatic N) is 1. The van der Waals surface area contributed by atoms with Crippen LogP contribution in [-0.4, -0.2) is 29.8 Å². The van der Waals surface area contributed by atoms with Crippen LogP contribution >= 0.6 is 22.6 Å². The smallest absolute Gasteiger partial charge is 0.346 e. The zero-order valence-electron chi connectivity index (χ0n) is 12.1. The number of halogens is 1. The van der Waals surface area contributed by atoms with Gasteiger partial charge in [0.2, 0.25) is 6.61 Å². The number of carbonyl (C=O) groups is 1. The fraction of sp³-hybridized carbons (Fsp3) is 0.467. The molecule has 1 aromatic carbocycles. The summed E-state index contributed by atoms with van der Waals surface area (Å²) >= 11 is 2.33. The van der Waals surface area contributed by atoms with E-state index < -0.39 is 5.97 Å². The van der Waals surface area contributed by atoms with Gasteiger partial charge in [-0.1, -0.05) is 71.9 Å². The Morgan fingerprint density at radius 2 is 1.95 bits per heavy atom. The van der Waals surface area contributed by atoms with Crippen LogP contribution in [0.2, 0.25) is 0 Å². The van der Waals surface area contributed by atoms with E-state index in [9.17, 15) is 4.79 Å². The van der Waals surface area contributed by atoms with Gasteiger partial charge < -0.3 is 9.57 Å². The first-order chi connectivity index (χ1) is 9.49. The molecule has 0 radical (unpaired) electrons. The van der Waals surface area contributed by atoms with Crippen LogP contribution < -0.4 is 0 Å². The highest BCUT2D eigenvalue weighted by Crippen LogP contribution is 2.23. The highest BCUT2D eigenvalue weighted by Gasteiger charge is 2.25. The van der Waals surface area contributed by atoms with Gasteiger partial charge in [-0.15, -0.1) is 0 Å². The van der Waals surface area contributed by atoms with Crippen molar-refractivity contribution in [3.05, 3.63) is 35.9 Å². The summed E-state index contributed by atoms with van der Waals surface area (Å²) in [5.41, 5.74) is 2.00. The Bertz CT molecular complexity index is 457. The Balaban J connectivity index is 2.80. The van der Waals surface area contributed by atoms with Gasteiger partial charge >= 0.3 is 5.97 Å². The zero-order chi connectivity index (χ0) is 15.0. The summed E-state index contributed by atoms with van der Waals surface area (Å²) in [6.07, 6.45) is 0.706. The molecule has 1 rings (SSSR count). The molecular formula is C15H20INO3. The zero-order valence-corrected chi connectivity index (χ0v) is 14.2. The van der Waals surface area contributed by atoms with Gasteiger partial charge in [-0.25, -0.2) is 4.79 Å². The average Bonchev–Trinajstić information content (AvgIpc) is 2.47. The first kappa shape index (κ1) is 16.9. The third kappa shape index (κ3) is 5.48. The van der Waals surface area contributed by atoms with Crippen molar-refractivity contribution in [3.63, 3.8) is 0 Å². The molecule has 0 N–H and O–H groups in total. The molecule has 1 aromatic rings. The molecule has 0 saturated carbocycles. The predicted molar refractivity (Wildman–Crippen MR) is 88.2 cm³/mol. The molecule has 0 heterocycles. The highest BCUT2D eigenvalue weighted by atomic mass is 127. The van der Waals surface area contributed by atoms with Crippen molar-refractivity contribution in [2.75, 3.05) is 18.1 Å². The largest absolute Gasteiger partial charge is 0.466 e. The van der Waals surface area contributed by atoms with Gasteiger partial charge in [-0.3, -0.25) is 0 Å². The van der Waals surface area contributed by atoms with E-state index in [0.29, 0.717) is 6.42 Å². The molecule has 0 aliphatic heterocycles. The minimum absolute atomic E-state index is 0.0908. The second-order valence-electron chi connectivity index (χ2n) is 5.07. The fourth-order valence-electron chi connectivity index (χ4n) is 1.48. The van der Waals surface area contributed by atoms with Crippen molar-refractivity contribution in [1.29, 1.82) is 0 Å². The first-order valence-corrected chi connectivity index (χ1v) is 7.88. The van der Waals surface area contributed by atoms with Crippen molar-refractivity contribution >= 4 is 34.3 Å². The van der Waals surface area contributed by atoms with Crippen LogP contribution in [0.1, 0.15) is 19.4 Å². The summed E-state index contributed by atoms with van der Waals surface area (Å²) in [4.78, 5) is 16.2. The fourth-order valence-corrected chi connectivity index (χ4v) is 1.92. The second-order valence-corrected chi connectivity index (χ2v) is 5.83.